The monoisotopic (exact) mass is 254 g/mol. The molecule has 96 valence electrons. The molecule has 3 nitrogen and oxygen atoms in total. The molecule has 1 unspecified atom stereocenters. The molecule has 3 aliphatic rings. The van der Waals surface area contributed by atoms with Crippen LogP contribution < -0.4 is 5.32 Å². The Morgan fingerprint density at radius 1 is 1.24 bits per heavy atom. The molecule has 1 spiro atoms. The van der Waals surface area contributed by atoms with Crippen molar-refractivity contribution in [2.75, 3.05) is 19.0 Å². The lowest BCUT2D eigenvalue weighted by Crippen LogP contribution is -2.50. The number of hydrogen-bond donors (Lipinski definition) is 1. The van der Waals surface area contributed by atoms with E-state index in [1.54, 1.807) is 0 Å². The van der Waals surface area contributed by atoms with Gasteiger partial charge in [-0.25, -0.2) is 0 Å². The molecule has 3 rings (SSSR count). The minimum absolute atomic E-state index is 0.105. The smallest absolute Gasteiger partial charge is 0.157 e. The third-order valence-electron chi connectivity index (χ3n) is 4.20. The molecule has 0 amide bonds. The SMILES string of the molecule is CC1(NC2=NC3(CCCC3)CS2)CCCOC1. The predicted octanol–water partition coefficient (Wildman–Crippen LogP) is 2.56. The third kappa shape index (κ3) is 2.48. The van der Waals surface area contributed by atoms with Crippen LogP contribution in [0.4, 0.5) is 0 Å². The Labute approximate surface area is 108 Å². The van der Waals surface area contributed by atoms with E-state index in [2.05, 4.69) is 12.2 Å². The van der Waals surface area contributed by atoms with Crippen LogP contribution in [0.2, 0.25) is 0 Å². The van der Waals surface area contributed by atoms with E-state index in [1.807, 2.05) is 11.8 Å². The summed E-state index contributed by atoms with van der Waals surface area (Å²) in [5.41, 5.74) is 0.396. The Morgan fingerprint density at radius 2 is 2.06 bits per heavy atom. The number of nitrogens with one attached hydrogen (secondary N) is 1. The van der Waals surface area contributed by atoms with Crippen molar-refractivity contribution < 1.29 is 4.74 Å². The number of thioether (sulfide) groups is 1. The number of aliphatic imine (C=N–C) groups is 1. The summed E-state index contributed by atoms with van der Waals surface area (Å²) in [6.45, 7) is 4.00. The number of ether oxygens (including phenoxy) is 1. The zero-order valence-electron chi connectivity index (χ0n) is 10.6. The molecule has 0 radical (unpaired) electrons. The Kier molecular flexibility index (Phi) is 3.11. The van der Waals surface area contributed by atoms with Gasteiger partial charge in [0.15, 0.2) is 5.17 Å². The van der Waals surface area contributed by atoms with E-state index in [4.69, 9.17) is 9.73 Å². The van der Waals surface area contributed by atoms with Crippen molar-refractivity contribution in [3.05, 3.63) is 0 Å². The Hall–Kier alpha value is -0.220. The lowest BCUT2D eigenvalue weighted by molar-refractivity contribution is 0.0374. The van der Waals surface area contributed by atoms with Gasteiger partial charge in [-0.3, -0.25) is 4.99 Å². The summed E-state index contributed by atoms with van der Waals surface area (Å²) in [5.74, 6) is 1.19. The molecule has 0 bridgehead atoms. The highest BCUT2D eigenvalue weighted by molar-refractivity contribution is 8.14. The summed E-state index contributed by atoms with van der Waals surface area (Å²) in [5, 5.41) is 4.80. The van der Waals surface area contributed by atoms with Crippen LogP contribution in [0.3, 0.4) is 0 Å². The van der Waals surface area contributed by atoms with E-state index < -0.39 is 0 Å². The van der Waals surface area contributed by atoms with Crippen LogP contribution in [-0.4, -0.2) is 35.2 Å². The molecular weight excluding hydrogens is 232 g/mol. The minimum atomic E-state index is 0.105. The average Bonchev–Trinajstić information content (AvgIpc) is 2.91. The van der Waals surface area contributed by atoms with Crippen molar-refractivity contribution in [1.29, 1.82) is 0 Å². The van der Waals surface area contributed by atoms with Crippen molar-refractivity contribution >= 4 is 16.9 Å². The minimum Gasteiger partial charge on any atom is -0.379 e. The van der Waals surface area contributed by atoms with E-state index in [-0.39, 0.29) is 5.54 Å². The second-order valence-corrected chi connectivity index (χ2v) is 6.94. The average molecular weight is 254 g/mol. The highest BCUT2D eigenvalue weighted by atomic mass is 32.2. The van der Waals surface area contributed by atoms with Crippen LogP contribution in [0.25, 0.3) is 0 Å². The first kappa shape index (κ1) is 11.8. The first-order chi connectivity index (χ1) is 8.20. The fourth-order valence-corrected chi connectivity index (χ4v) is 4.46. The Morgan fingerprint density at radius 3 is 2.76 bits per heavy atom. The Balaban J connectivity index is 1.65. The molecule has 2 aliphatic heterocycles. The molecule has 17 heavy (non-hydrogen) atoms. The highest BCUT2D eigenvalue weighted by Gasteiger charge is 2.40. The van der Waals surface area contributed by atoms with Crippen molar-refractivity contribution in [2.45, 2.75) is 56.5 Å². The first-order valence-corrected chi connectivity index (χ1v) is 7.77. The first-order valence-electron chi connectivity index (χ1n) is 6.79. The summed E-state index contributed by atoms with van der Waals surface area (Å²) in [7, 11) is 0. The maximum Gasteiger partial charge on any atom is 0.157 e. The largest absolute Gasteiger partial charge is 0.379 e. The van der Waals surface area contributed by atoms with Gasteiger partial charge in [-0.15, -0.1) is 0 Å². The number of nitrogens with zero attached hydrogens (tertiary/aromatic N) is 1. The van der Waals surface area contributed by atoms with E-state index in [9.17, 15) is 0 Å². The maximum absolute atomic E-state index is 5.59. The van der Waals surface area contributed by atoms with Gasteiger partial charge in [0.2, 0.25) is 0 Å². The molecular formula is C13H22N2OS. The molecule has 1 saturated heterocycles. The lowest BCUT2D eigenvalue weighted by atomic mass is 9.95. The van der Waals surface area contributed by atoms with Gasteiger partial charge in [0.25, 0.3) is 0 Å². The van der Waals surface area contributed by atoms with E-state index in [0.717, 1.165) is 19.6 Å². The molecule has 1 saturated carbocycles. The van der Waals surface area contributed by atoms with Crippen molar-refractivity contribution in [3.8, 4) is 0 Å². The lowest BCUT2D eigenvalue weighted by Gasteiger charge is -2.34. The van der Waals surface area contributed by atoms with Gasteiger partial charge >= 0.3 is 0 Å². The molecule has 0 aromatic heterocycles. The third-order valence-corrected chi connectivity index (χ3v) is 5.35. The van der Waals surface area contributed by atoms with Gasteiger partial charge in [0.05, 0.1) is 17.7 Å². The van der Waals surface area contributed by atoms with E-state index in [0.29, 0.717) is 5.54 Å². The normalized spacial score (nSPS) is 36.2. The summed E-state index contributed by atoms with van der Waals surface area (Å²) in [6, 6.07) is 0. The van der Waals surface area contributed by atoms with E-state index in [1.165, 1.54) is 43.0 Å². The van der Waals surface area contributed by atoms with Gasteiger partial charge in [-0.05, 0) is 32.6 Å². The molecule has 0 aromatic rings. The molecule has 1 atom stereocenters. The van der Waals surface area contributed by atoms with Crippen LogP contribution in [0.5, 0.6) is 0 Å². The number of hydrogen-bond acceptors (Lipinski definition) is 4. The van der Waals surface area contributed by atoms with Crippen molar-refractivity contribution in [1.82, 2.24) is 5.32 Å². The van der Waals surface area contributed by atoms with Gasteiger partial charge in [0.1, 0.15) is 0 Å². The zero-order valence-corrected chi connectivity index (χ0v) is 11.4. The van der Waals surface area contributed by atoms with Crippen LogP contribution in [-0.2, 0) is 4.74 Å². The Bertz CT molecular complexity index is 317. The fourth-order valence-electron chi connectivity index (χ4n) is 3.13. The van der Waals surface area contributed by atoms with Crippen molar-refractivity contribution in [2.24, 2.45) is 4.99 Å². The summed E-state index contributed by atoms with van der Waals surface area (Å²) >= 11 is 1.91. The van der Waals surface area contributed by atoms with Crippen LogP contribution >= 0.6 is 11.8 Å². The zero-order chi connectivity index (χ0) is 11.8. The van der Waals surface area contributed by atoms with E-state index >= 15 is 0 Å². The fraction of sp³-hybridized carbons (Fsp3) is 0.923. The quantitative estimate of drug-likeness (QED) is 0.781. The number of rotatable bonds is 1. The molecule has 0 aromatic carbocycles. The molecule has 4 heteroatoms. The molecule has 1 N–H and O–H groups in total. The summed E-state index contributed by atoms with van der Waals surface area (Å²) in [4.78, 5) is 4.97. The van der Waals surface area contributed by atoms with Gasteiger partial charge < -0.3 is 10.1 Å². The van der Waals surface area contributed by atoms with Gasteiger partial charge in [0, 0.05) is 12.4 Å². The second-order valence-electron chi connectivity index (χ2n) is 5.98. The topological polar surface area (TPSA) is 33.6 Å². The second kappa shape index (κ2) is 4.47. The molecule has 1 aliphatic carbocycles. The predicted molar refractivity (Wildman–Crippen MR) is 72.7 cm³/mol. The molecule has 2 heterocycles. The molecule has 2 fully saturated rings. The van der Waals surface area contributed by atoms with Crippen LogP contribution in [0, 0.1) is 0 Å². The van der Waals surface area contributed by atoms with Crippen LogP contribution in [0.1, 0.15) is 45.4 Å². The summed E-state index contributed by atoms with van der Waals surface area (Å²) in [6.07, 6.45) is 7.65. The maximum atomic E-state index is 5.59. The van der Waals surface area contributed by atoms with Gasteiger partial charge in [-0.1, -0.05) is 24.6 Å². The standard InChI is InChI=1S/C13H22N2OS/c1-12(5-4-8-16-9-12)14-11-15-13(10-17-11)6-2-3-7-13/h2-10H2,1H3,(H,14,15). The number of amidine groups is 1. The summed E-state index contributed by atoms with van der Waals surface area (Å²) < 4.78 is 5.59. The van der Waals surface area contributed by atoms with Crippen molar-refractivity contribution in [3.63, 3.8) is 0 Å². The van der Waals surface area contributed by atoms with Gasteiger partial charge in [-0.2, -0.15) is 0 Å². The highest BCUT2D eigenvalue weighted by Crippen LogP contribution is 2.41. The van der Waals surface area contributed by atoms with Crippen LogP contribution in [0.15, 0.2) is 4.99 Å².